The number of hydrogen-bond acceptors (Lipinski definition) is 5. The fourth-order valence-corrected chi connectivity index (χ4v) is 13.3. The summed E-state index contributed by atoms with van der Waals surface area (Å²) in [6, 6.07) is 8.63. The molecular weight excluding hydrogens is 785 g/mol. The van der Waals surface area contributed by atoms with Crippen LogP contribution in [0, 0.1) is 11.8 Å². The average molecular weight is 859 g/mol. The van der Waals surface area contributed by atoms with E-state index in [-0.39, 0.29) is 45.2 Å². The number of carboxylic acid groups (broad SMARTS) is 1. The summed E-state index contributed by atoms with van der Waals surface area (Å²) in [6.45, 7) is 29.4. The minimum absolute atomic E-state index is 0.00112. The Balaban J connectivity index is 0.000000354. The Morgan fingerprint density at radius 3 is 2.32 bits per heavy atom. The van der Waals surface area contributed by atoms with Crippen LogP contribution >= 0.6 is 10.5 Å². The first-order valence-corrected chi connectivity index (χ1v) is 23.9. The maximum Gasteiger partial charge on any atom is 0.341 e. The number of aliphatic hydroxyl groups is 2. The SMILES string of the molecule is C/C=c1\c(=C/CC)[s+](C2=CC=CC=C(OCC(=O)O)C2CC)c2ccccc12.C=C/C=C(\C)[S+](C(C)C)C1(C)C=CC=CC(OCC(O)C(=C)C)=C1.CC(C)CCCCO. The lowest BCUT2D eigenvalue weighted by Crippen LogP contribution is -2.38. The van der Waals surface area contributed by atoms with Gasteiger partial charge in [0, 0.05) is 51.6 Å². The third kappa shape index (κ3) is 15.7. The Kier molecular flexibility index (Phi) is 23.4. The molecule has 0 aliphatic heterocycles. The van der Waals surface area contributed by atoms with Crippen molar-refractivity contribution in [2.45, 2.75) is 117 Å². The third-order valence-electron chi connectivity index (χ3n) is 9.92. The molecule has 0 spiro atoms. The topological polar surface area (TPSA) is 96.2 Å². The van der Waals surface area contributed by atoms with E-state index in [1.165, 1.54) is 42.5 Å². The molecule has 5 atom stereocenters. The molecule has 2 aliphatic carbocycles. The van der Waals surface area contributed by atoms with E-state index in [1.807, 2.05) is 36.5 Å². The highest BCUT2D eigenvalue weighted by Gasteiger charge is 2.44. The number of allylic oxidation sites excluding steroid dienone is 11. The fraction of sp³-hybridized carbons (Fsp3) is 0.442. The number of hydrogen-bond donors (Lipinski definition) is 3. The number of aliphatic hydroxyl groups excluding tert-OH is 2. The van der Waals surface area contributed by atoms with E-state index in [0.29, 0.717) is 17.4 Å². The highest BCUT2D eigenvalue weighted by Crippen LogP contribution is 2.43. The van der Waals surface area contributed by atoms with Gasteiger partial charge >= 0.3 is 5.97 Å². The van der Waals surface area contributed by atoms with Crippen molar-refractivity contribution in [3.05, 3.63) is 136 Å². The molecular formula is C52H74O6S2+2. The average Bonchev–Trinajstić information content (AvgIpc) is 3.29. The van der Waals surface area contributed by atoms with Crippen LogP contribution in [0.4, 0.5) is 0 Å². The second-order valence-electron chi connectivity index (χ2n) is 15.8. The van der Waals surface area contributed by atoms with Crippen LogP contribution in [-0.2, 0) is 25.2 Å². The largest absolute Gasteiger partial charge is 0.491 e. The second-order valence-corrected chi connectivity index (χ2v) is 20.9. The molecule has 0 saturated heterocycles. The third-order valence-corrected chi connectivity index (χ3v) is 15.4. The van der Waals surface area contributed by atoms with Crippen LogP contribution in [0.2, 0.25) is 0 Å². The van der Waals surface area contributed by atoms with Gasteiger partial charge in [-0.1, -0.05) is 102 Å². The molecule has 328 valence electrons. The Morgan fingerprint density at radius 1 is 1.03 bits per heavy atom. The molecule has 0 radical (unpaired) electrons. The van der Waals surface area contributed by atoms with Gasteiger partial charge in [-0.15, -0.1) is 0 Å². The predicted molar refractivity (Wildman–Crippen MR) is 263 cm³/mol. The van der Waals surface area contributed by atoms with Gasteiger partial charge in [0.05, 0.1) is 5.92 Å². The smallest absolute Gasteiger partial charge is 0.341 e. The van der Waals surface area contributed by atoms with Crippen LogP contribution < -0.4 is 9.75 Å². The number of fused-ring (bicyclic) bond motifs is 1. The molecule has 8 heteroatoms. The van der Waals surface area contributed by atoms with Crippen molar-refractivity contribution in [1.82, 2.24) is 0 Å². The zero-order chi connectivity index (χ0) is 44.8. The Hall–Kier alpha value is -4.08. The first kappa shape index (κ1) is 52.1. The fourth-order valence-electron chi connectivity index (χ4n) is 7.19. The van der Waals surface area contributed by atoms with Crippen molar-refractivity contribution in [3.8, 4) is 0 Å². The van der Waals surface area contributed by atoms with Crippen LogP contribution in [0.3, 0.4) is 0 Å². The summed E-state index contributed by atoms with van der Waals surface area (Å²) in [5, 5.41) is 30.4. The van der Waals surface area contributed by atoms with Gasteiger partial charge in [0.25, 0.3) is 0 Å². The van der Waals surface area contributed by atoms with Crippen LogP contribution in [0.15, 0.2) is 126 Å². The summed E-state index contributed by atoms with van der Waals surface area (Å²) in [5.74, 6) is 1.42. The molecule has 6 nitrogen and oxygen atoms in total. The van der Waals surface area contributed by atoms with E-state index < -0.39 is 12.1 Å². The van der Waals surface area contributed by atoms with E-state index in [0.717, 1.165) is 36.7 Å². The van der Waals surface area contributed by atoms with Crippen molar-refractivity contribution in [2.75, 3.05) is 19.8 Å². The second kappa shape index (κ2) is 27.0. The molecule has 0 fully saturated rings. The van der Waals surface area contributed by atoms with E-state index >= 15 is 0 Å². The molecule has 4 rings (SSSR count). The number of aliphatic carboxylic acids is 1. The van der Waals surface area contributed by atoms with Crippen molar-refractivity contribution in [1.29, 1.82) is 0 Å². The lowest BCUT2D eigenvalue weighted by molar-refractivity contribution is -0.141. The Bertz CT molecular complexity index is 2050. The highest BCUT2D eigenvalue weighted by atomic mass is 32.2. The van der Waals surface area contributed by atoms with Crippen LogP contribution in [0.5, 0.6) is 0 Å². The van der Waals surface area contributed by atoms with Crippen LogP contribution in [0.25, 0.3) is 27.1 Å². The summed E-state index contributed by atoms with van der Waals surface area (Å²) in [5.41, 5.74) is 0.709. The Morgan fingerprint density at radius 2 is 1.73 bits per heavy atom. The van der Waals surface area contributed by atoms with Gasteiger partial charge in [-0.3, -0.25) is 0 Å². The standard InChI is InChI=1S/C24H26O3S.C21H31O2S.C7H16O/c1-4-11-21-17(5-2)19-12-7-9-15-23(19)28(21)22-14-10-8-13-20(18(22)6-3)27-16-24(25)26;1-8-11-18(6)24(17(4)5)21(7)13-10-9-12-19(14-21)23-15-20(22)16(2)3;1-7(2)5-3-4-6-8/h5,7-15,18H,4,6,16H2,1-3H3;8-14,17,20,22H,1-2,15H2,3-7H3;7-8H,3-6H2,1-2H3/q;+1;/p+1/b17-5-,21-11+;18-11+;. The summed E-state index contributed by atoms with van der Waals surface area (Å²) in [6.07, 6.45) is 31.6. The van der Waals surface area contributed by atoms with Gasteiger partial charge in [0.15, 0.2) is 25.5 Å². The molecule has 5 unspecified atom stereocenters. The summed E-state index contributed by atoms with van der Waals surface area (Å²) in [7, 11) is -0.199. The normalized spacial score (nSPS) is 19.6. The molecule has 0 amide bonds. The monoisotopic (exact) mass is 858 g/mol. The zero-order valence-electron chi connectivity index (χ0n) is 38.1. The zero-order valence-corrected chi connectivity index (χ0v) is 39.7. The number of ether oxygens (including phenoxy) is 2. The van der Waals surface area contributed by atoms with Gasteiger partial charge in [-0.25, -0.2) is 4.79 Å². The maximum atomic E-state index is 11.0. The first-order valence-electron chi connectivity index (χ1n) is 21.4. The lowest BCUT2D eigenvalue weighted by atomic mass is 10.0. The predicted octanol–water partition coefficient (Wildman–Crippen LogP) is 11.6. The molecule has 1 aromatic heterocycles. The molecule has 3 N–H and O–H groups in total. The minimum Gasteiger partial charge on any atom is -0.491 e. The molecule has 1 heterocycles. The van der Waals surface area contributed by atoms with Crippen molar-refractivity contribution in [2.24, 2.45) is 11.8 Å². The summed E-state index contributed by atoms with van der Waals surface area (Å²) in [4.78, 5) is 13.7. The molecule has 2 aliphatic rings. The molecule has 0 saturated carbocycles. The summed E-state index contributed by atoms with van der Waals surface area (Å²) < 4.78 is 14.1. The molecule has 2 aromatic rings. The lowest BCUT2D eigenvalue weighted by Gasteiger charge is -2.27. The van der Waals surface area contributed by atoms with Gasteiger partial charge in [0.1, 0.15) is 34.4 Å². The first-order chi connectivity index (χ1) is 28.6. The van der Waals surface area contributed by atoms with Crippen molar-refractivity contribution < 1.29 is 29.6 Å². The van der Waals surface area contributed by atoms with E-state index in [1.54, 1.807) is 6.92 Å². The Labute approximate surface area is 367 Å². The van der Waals surface area contributed by atoms with E-state index in [9.17, 15) is 9.90 Å². The highest BCUT2D eigenvalue weighted by molar-refractivity contribution is 8.02. The molecule has 60 heavy (non-hydrogen) atoms. The number of thiophene rings is 1. The van der Waals surface area contributed by atoms with Crippen molar-refractivity contribution >= 4 is 54.5 Å². The minimum atomic E-state index is -0.953. The number of carboxylic acids is 1. The van der Waals surface area contributed by atoms with Crippen molar-refractivity contribution in [3.63, 3.8) is 0 Å². The van der Waals surface area contributed by atoms with Gasteiger partial charge in [-0.2, -0.15) is 0 Å². The number of benzene rings is 1. The molecule has 1 aromatic carbocycles. The molecule has 0 bridgehead atoms. The van der Waals surface area contributed by atoms with E-state index in [4.69, 9.17) is 19.7 Å². The number of unbranched alkanes of at least 4 members (excludes halogenated alkanes) is 1. The van der Waals surface area contributed by atoms with Crippen LogP contribution in [0.1, 0.15) is 101 Å². The van der Waals surface area contributed by atoms with Gasteiger partial charge < -0.3 is 24.8 Å². The number of carbonyl (C=O) groups is 1. The maximum absolute atomic E-state index is 11.0. The van der Waals surface area contributed by atoms with Gasteiger partial charge in [0.2, 0.25) is 0 Å². The van der Waals surface area contributed by atoms with E-state index in [2.05, 4.69) is 142 Å². The van der Waals surface area contributed by atoms with Crippen LogP contribution in [-0.4, -0.2) is 57.2 Å². The quantitative estimate of drug-likeness (QED) is 0.0598. The summed E-state index contributed by atoms with van der Waals surface area (Å²) >= 11 is 0. The van der Waals surface area contributed by atoms with Gasteiger partial charge in [-0.05, 0) is 114 Å². The number of rotatable bonds is 18.